The van der Waals surface area contributed by atoms with Crippen LogP contribution in [0.2, 0.25) is 0 Å². The molecule has 1 heterocycles. The van der Waals surface area contributed by atoms with Gasteiger partial charge in [-0.15, -0.1) is 0 Å². The SMILES string of the molecule is CCC(C)NC(=O)COc1cccc2c1NC(C)CC2. The number of benzene rings is 1. The molecule has 0 fully saturated rings. The molecule has 2 N–H and O–H groups in total. The summed E-state index contributed by atoms with van der Waals surface area (Å²) >= 11 is 0. The predicted octanol–water partition coefficient (Wildman–Crippen LogP) is 2.73. The molecule has 0 aliphatic carbocycles. The fourth-order valence-corrected chi connectivity index (χ4v) is 2.32. The zero-order valence-electron chi connectivity index (χ0n) is 12.5. The Morgan fingerprint density at radius 2 is 2.35 bits per heavy atom. The van der Waals surface area contributed by atoms with E-state index in [1.165, 1.54) is 5.56 Å². The molecule has 0 spiro atoms. The zero-order valence-corrected chi connectivity index (χ0v) is 12.5. The van der Waals surface area contributed by atoms with Crippen LogP contribution in [0.1, 0.15) is 39.2 Å². The van der Waals surface area contributed by atoms with Crippen LogP contribution in [0.5, 0.6) is 5.75 Å². The molecule has 20 heavy (non-hydrogen) atoms. The summed E-state index contributed by atoms with van der Waals surface area (Å²) in [5.74, 6) is 0.703. The zero-order chi connectivity index (χ0) is 14.5. The molecule has 1 amide bonds. The van der Waals surface area contributed by atoms with Gasteiger partial charge < -0.3 is 15.4 Å². The summed E-state index contributed by atoms with van der Waals surface area (Å²) in [7, 11) is 0. The van der Waals surface area contributed by atoms with Gasteiger partial charge in [-0.05, 0) is 44.7 Å². The Morgan fingerprint density at radius 3 is 3.10 bits per heavy atom. The van der Waals surface area contributed by atoms with E-state index in [-0.39, 0.29) is 18.6 Å². The van der Waals surface area contributed by atoms with Crippen LogP contribution >= 0.6 is 0 Å². The molecule has 1 aromatic rings. The predicted molar refractivity (Wildman–Crippen MR) is 81.2 cm³/mol. The molecule has 0 aromatic heterocycles. The summed E-state index contributed by atoms with van der Waals surface area (Å²) in [4.78, 5) is 11.8. The number of hydrogen-bond donors (Lipinski definition) is 2. The van der Waals surface area contributed by atoms with Crippen LogP contribution in [0.15, 0.2) is 18.2 Å². The van der Waals surface area contributed by atoms with Gasteiger partial charge in [0.15, 0.2) is 6.61 Å². The molecule has 2 unspecified atom stereocenters. The van der Waals surface area contributed by atoms with Crippen LogP contribution in [0.3, 0.4) is 0 Å². The standard InChI is InChI=1S/C16H24N2O2/c1-4-11(2)17-15(19)10-20-14-7-5-6-13-9-8-12(3)18-16(13)14/h5-7,11-12,18H,4,8-10H2,1-3H3,(H,17,19). The number of anilines is 1. The molecule has 0 radical (unpaired) electrons. The molecule has 0 saturated carbocycles. The number of nitrogens with one attached hydrogen (secondary N) is 2. The van der Waals surface area contributed by atoms with Crippen LogP contribution in [0.25, 0.3) is 0 Å². The summed E-state index contributed by atoms with van der Waals surface area (Å²) in [6, 6.07) is 6.65. The van der Waals surface area contributed by atoms with Gasteiger partial charge in [0.05, 0.1) is 5.69 Å². The lowest BCUT2D eigenvalue weighted by atomic mass is 9.98. The number of fused-ring (bicyclic) bond motifs is 1. The highest BCUT2D eigenvalue weighted by Gasteiger charge is 2.18. The van der Waals surface area contributed by atoms with Crippen LogP contribution in [-0.2, 0) is 11.2 Å². The van der Waals surface area contributed by atoms with E-state index in [0.717, 1.165) is 30.7 Å². The summed E-state index contributed by atoms with van der Waals surface area (Å²) in [5, 5.41) is 6.35. The quantitative estimate of drug-likeness (QED) is 0.869. The van der Waals surface area contributed by atoms with Crippen LogP contribution < -0.4 is 15.4 Å². The topological polar surface area (TPSA) is 50.4 Å². The lowest BCUT2D eigenvalue weighted by Crippen LogP contribution is -2.35. The number of carbonyl (C=O) groups is 1. The van der Waals surface area contributed by atoms with Gasteiger partial charge in [-0.25, -0.2) is 0 Å². The van der Waals surface area contributed by atoms with Gasteiger partial charge in [-0.1, -0.05) is 19.1 Å². The number of para-hydroxylation sites is 1. The molecular formula is C16H24N2O2. The van der Waals surface area contributed by atoms with Crippen LogP contribution in [0, 0.1) is 0 Å². The molecule has 1 aliphatic rings. The fourth-order valence-electron chi connectivity index (χ4n) is 2.32. The minimum absolute atomic E-state index is 0.0663. The Hall–Kier alpha value is -1.71. The van der Waals surface area contributed by atoms with Crippen molar-refractivity contribution >= 4 is 11.6 Å². The first-order valence-corrected chi connectivity index (χ1v) is 7.40. The first-order valence-electron chi connectivity index (χ1n) is 7.40. The molecule has 110 valence electrons. The fraction of sp³-hybridized carbons (Fsp3) is 0.562. The van der Waals surface area contributed by atoms with E-state index in [9.17, 15) is 4.79 Å². The maximum Gasteiger partial charge on any atom is 0.258 e. The Morgan fingerprint density at radius 1 is 1.55 bits per heavy atom. The summed E-state index contributed by atoms with van der Waals surface area (Å²) in [5.41, 5.74) is 2.31. The molecule has 2 atom stereocenters. The second kappa shape index (κ2) is 6.64. The number of rotatable bonds is 5. The van der Waals surface area contributed by atoms with Crippen molar-refractivity contribution in [2.24, 2.45) is 0 Å². The van der Waals surface area contributed by atoms with Gasteiger partial charge in [0.25, 0.3) is 5.91 Å². The van der Waals surface area contributed by atoms with E-state index < -0.39 is 0 Å². The first kappa shape index (κ1) is 14.7. The maximum absolute atomic E-state index is 11.8. The summed E-state index contributed by atoms with van der Waals surface area (Å²) < 4.78 is 5.69. The second-order valence-electron chi connectivity index (χ2n) is 5.54. The van der Waals surface area contributed by atoms with Crippen molar-refractivity contribution in [2.75, 3.05) is 11.9 Å². The van der Waals surface area contributed by atoms with E-state index in [2.05, 4.69) is 23.6 Å². The molecule has 4 heteroatoms. The number of hydrogen-bond acceptors (Lipinski definition) is 3. The van der Waals surface area contributed by atoms with Crippen molar-refractivity contribution in [3.05, 3.63) is 23.8 Å². The van der Waals surface area contributed by atoms with E-state index in [1.807, 2.05) is 26.0 Å². The lowest BCUT2D eigenvalue weighted by molar-refractivity contribution is -0.123. The third kappa shape index (κ3) is 3.65. The van der Waals surface area contributed by atoms with Crippen LogP contribution in [0.4, 0.5) is 5.69 Å². The van der Waals surface area contributed by atoms with Crippen molar-refractivity contribution < 1.29 is 9.53 Å². The van der Waals surface area contributed by atoms with Gasteiger partial charge in [-0.3, -0.25) is 4.79 Å². The minimum atomic E-state index is -0.0687. The Labute approximate surface area is 120 Å². The Balaban J connectivity index is 1.98. The van der Waals surface area contributed by atoms with Gasteiger partial charge in [0, 0.05) is 12.1 Å². The van der Waals surface area contributed by atoms with Crippen molar-refractivity contribution in [1.29, 1.82) is 0 Å². The average molecular weight is 276 g/mol. The van der Waals surface area contributed by atoms with Gasteiger partial charge in [-0.2, -0.15) is 0 Å². The van der Waals surface area contributed by atoms with E-state index in [4.69, 9.17) is 4.74 Å². The van der Waals surface area contributed by atoms with Crippen LogP contribution in [-0.4, -0.2) is 24.6 Å². The highest BCUT2D eigenvalue weighted by atomic mass is 16.5. The monoisotopic (exact) mass is 276 g/mol. The number of amides is 1. The largest absolute Gasteiger partial charge is 0.482 e. The average Bonchev–Trinajstić information content (AvgIpc) is 2.44. The molecular weight excluding hydrogens is 252 g/mol. The summed E-state index contributed by atoms with van der Waals surface area (Å²) in [6.07, 6.45) is 3.11. The second-order valence-corrected chi connectivity index (χ2v) is 5.54. The molecule has 4 nitrogen and oxygen atoms in total. The number of aryl methyl sites for hydroxylation is 1. The molecule has 2 rings (SSSR count). The highest BCUT2D eigenvalue weighted by molar-refractivity contribution is 5.78. The third-order valence-electron chi connectivity index (χ3n) is 3.73. The third-order valence-corrected chi connectivity index (χ3v) is 3.73. The van der Waals surface area contributed by atoms with Crippen molar-refractivity contribution in [3.8, 4) is 5.75 Å². The maximum atomic E-state index is 11.8. The van der Waals surface area contributed by atoms with E-state index in [0.29, 0.717) is 6.04 Å². The lowest BCUT2D eigenvalue weighted by Gasteiger charge is -2.26. The van der Waals surface area contributed by atoms with Gasteiger partial charge >= 0.3 is 0 Å². The van der Waals surface area contributed by atoms with Crippen molar-refractivity contribution in [3.63, 3.8) is 0 Å². The Kier molecular flexibility index (Phi) is 4.88. The van der Waals surface area contributed by atoms with Gasteiger partial charge in [0.1, 0.15) is 5.75 Å². The number of carbonyl (C=O) groups excluding carboxylic acids is 1. The smallest absolute Gasteiger partial charge is 0.258 e. The van der Waals surface area contributed by atoms with E-state index in [1.54, 1.807) is 0 Å². The summed E-state index contributed by atoms with van der Waals surface area (Å²) in [6.45, 7) is 6.27. The molecule has 1 aromatic carbocycles. The minimum Gasteiger partial charge on any atom is -0.482 e. The van der Waals surface area contributed by atoms with Crippen molar-refractivity contribution in [2.45, 2.75) is 52.1 Å². The first-order chi connectivity index (χ1) is 9.60. The van der Waals surface area contributed by atoms with Gasteiger partial charge in [0.2, 0.25) is 0 Å². The normalized spacial score (nSPS) is 18.6. The molecule has 0 saturated heterocycles. The number of ether oxygens (including phenoxy) is 1. The van der Waals surface area contributed by atoms with Crippen molar-refractivity contribution in [1.82, 2.24) is 5.32 Å². The molecule has 1 aliphatic heterocycles. The molecule has 0 bridgehead atoms. The highest BCUT2D eigenvalue weighted by Crippen LogP contribution is 2.33. The Bertz CT molecular complexity index is 474. The van der Waals surface area contributed by atoms with E-state index >= 15 is 0 Å².